The largest absolute Gasteiger partial charge is 0.396 e. The molecular weight excluding hydrogens is 243 g/mol. The van der Waals surface area contributed by atoms with Gasteiger partial charge in [-0.25, -0.2) is 4.39 Å². The van der Waals surface area contributed by atoms with Gasteiger partial charge in [-0.1, -0.05) is 19.8 Å². The molecule has 19 heavy (non-hydrogen) atoms. The summed E-state index contributed by atoms with van der Waals surface area (Å²) in [6, 6.07) is 3.68. The molecule has 1 fully saturated rings. The average Bonchev–Trinajstić information content (AvgIpc) is 2.46. The lowest BCUT2D eigenvalue weighted by atomic mass is 9.84. The standard InChI is InChI=1S/C15H23FN2O/c1-2-13(15-8-7-12(16)9-17-15)18-14-6-4-3-5-11(14)10-19/h7-9,11,13-14,18-19H,2-6,10H2,1H3. The predicted molar refractivity (Wildman–Crippen MR) is 73.2 cm³/mol. The minimum Gasteiger partial charge on any atom is -0.396 e. The molecule has 0 bridgehead atoms. The Kier molecular flexibility index (Phi) is 5.28. The molecule has 3 unspecified atom stereocenters. The van der Waals surface area contributed by atoms with Gasteiger partial charge in [0, 0.05) is 18.7 Å². The van der Waals surface area contributed by atoms with Crippen LogP contribution in [0.15, 0.2) is 18.3 Å². The highest BCUT2D eigenvalue weighted by molar-refractivity contribution is 5.10. The number of aromatic nitrogens is 1. The zero-order valence-electron chi connectivity index (χ0n) is 11.5. The Labute approximate surface area is 114 Å². The van der Waals surface area contributed by atoms with E-state index in [-0.39, 0.29) is 18.5 Å². The molecule has 0 aromatic carbocycles. The maximum atomic E-state index is 12.9. The van der Waals surface area contributed by atoms with Crippen molar-refractivity contribution in [2.24, 2.45) is 5.92 Å². The van der Waals surface area contributed by atoms with Crippen molar-refractivity contribution in [3.05, 3.63) is 29.8 Å². The number of pyridine rings is 1. The van der Waals surface area contributed by atoms with Crippen LogP contribution in [-0.4, -0.2) is 22.7 Å². The van der Waals surface area contributed by atoms with Gasteiger partial charge in [-0.15, -0.1) is 0 Å². The van der Waals surface area contributed by atoms with Crippen LogP contribution in [0.2, 0.25) is 0 Å². The summed E-state index contributed by atoms with van der Waals surface area (Å²) in [7, 11) is 0. The molecule has 3 atom stereocenters. The lowest BCUT2D eigenvalue weighted by Crippen LogP contribution is -2.42. The fourth-order valence-electron chi connectivity index (χ4n) is 2.91. The van der Waals surface area contributed by atoms with Gasteiger partial charge in [-0.05, 0) is 37.3 Å². The zero-order chi connectivity index (χ0) is 13.7. The van der Waals surface area contributed by atoms with Crippen molar-refractivity contribution in [2.45, 2.75) is 51.1 Å². The zero-order valence-corrected chi connectivity index (χ0v) is 11.5. The van der Waals surface area contributed by atoms with Crippen molar-refractivity contribution in [1.82, 2.24) is 10.3 Å². The minimum absolute atomic E-state index is 0.137. The maximum Gasteiger partial charge on any atom is 0.141 e. The number of hydrogen-bond donors (Lipinski definition) is 2. The third-order valence-corrected chi connectivity index (χ3v) is 4.07. The molecule has 1 saturated carbocycles. The quantitative estimate of drug-likeness (QED) is 0.861. The number of aliphatic hydroxyl groups excluding tert-OH is 1. The molecule has 1 aliphatic carbocycles. The van der Waals surface area contributed by atoms with E-state index in [0.29, 0.717) is 12.0 Å². The van der Waals surface area contributed by atoms with E-state index < -0.39 is 0 Å². The maximum absolute atomic E-state index is 12.9. The highest BCUT2D eigenvalue weighted by atomic mass is 19.1. The van der Waals surface area contributed by atoms with Gasteiger partial charge in [0.15, 0.2) is 0 Å². The van der Waals surface area contributed by atoms with E-state index in [1.807, 2.05) is 0 Å². The molecule has 3 nitrogen and oxygen atoms in total. The molecule has 1 heterocycles. The molecule has 1 aliphatic rings. The number of nitrogens with one attached hydrogen (secondary N) is 1. The van der Waals surface area contributed by atoms with Crippen molar-refractivity contribution in [3.63, 3.8) is 0 Å². The van der Waals surface area contributed by atoms with E-state index in [9.17, 15) is 9.50 Å². The minimum atomic E-state index is -0.301. The second-order valence-electron chi connectivity index (χ2n) is 5.36. The monoisotopic (exact) mass is 266 g/mol. The summed E-state index contributed by atoms with van der Waals surface area (Å²) in [6.07, 6.45) is 6.78. The first-order valence-corrected chi connectivity index (χ1v) is 7.23. The fraction of sp³-hybridized carbons (Fsp3) is 0.667. The normalized spacial score (nSPS) is 25.2. The summed E-state index contributed by atoms with van der Waals surface area (Å²) < 4.78 is 12.9. The van der Waals surface area contributed by atoms with Crippen molar-refractivity contribution in [2.75, 3.05) is 6.61 Å². The summed E-state index contributed by atoms with van der Waals surface area (Å²) in [6.45, 7) is 2.34. The summed E-state index contributed by atoms with van der Waals surface area (Å²) in [5.74, 6) is 0.0350. The van der Waals surface area contributed by atoms with Gasteiger partial charge in [0.25, 0.3) is 0 Å². The predicted octanol–water partition coefficient (Wildman–Crippen LogP) is 2.81. The molecule has 106 valence electrons. The number of halogens is 1. The van der Waals surface area contributed by atoms with Crippen LogP contribution in [0, 0.1) is 11.7 Å². The molecule has 2 N–H and O–H groups in total. The van der Waals surface area contributed by atoms with Gasteiger partial charge < -0.3 is 10.4 Å². The van der Waals surface area contributed by atoms with Crippen LogP contribution in [0.5, 0.6) is 0 Å². The number of hydrogen-bond acceptors (Lipinski definition) is 3. The van der Waals surface area contributed by atoms with Crippen molar-refractivity contribution in [3.8, 4) is 0 Å². The Hall–Kier alpha value is -1.00. The van der Waals surface area contributed by atoms with Crippen LogP contribution >= 0.6 is 0 Å². The molecule has 0 spiro atoms. The molecule has 4 heteroatoms. The molecule has 0 amide bonds. The molecular formula is C15H23FN2O. The van der Waals surface area contributed by atoms with Gasteiger partial charge in [0.2, 0.25) is 0 Å². The van der Waals surface area contributed by atoms with E-state index in [4.69, 9.17) is 0 Å². The molecule has 1 aromatic heterocycles. The first-order valence-electron chi connectivity index (χ1n) is 7.23. The van der Waals surface area contributed by atoms with E-state index >= 15 is 0 Å². The van der Waals surface area contributed by atoms with E-state index in [2.05, 4.69) is 17.2 Å². The Morgan fingerprint density at radius 3 is 2.84 bits per heavy atom. The highest BCUT2D eigenvalue weighted by Gasteiger charge is 2.26. The SMILES string of the molecule is CCC(NC1CCCCC1CO)c1ccc(F)cn1. The van der Waals surface area contributed by atoms with Gasteiger partial charge in [0.1, 0.15) is 5.82 Å². The average molecular weight is 266 g/mol. The molecule has 0 aliphatic heterocycles. The van der Waals surface area contributed by atoms with Crippen LogP contribution in [-0.2, 0) is 0 Å². The van der Waals surface area contributed by atoms with Gasteiger partial charge in [0.05, 0.1) is 11.9 Å². The van der Waals surface area contributed by atoms with E-state index in [1.165, 1.54) is 25.1 Å². The molecule has 2 rings (SSSR count). The molecule has 0 radical (unpaired) electrons. The number of aliphatic hydroxyl groups is 1. The third kappa shape index (κ3) is 3.74. The highest BCUT2D eigenvalue weighted by Crippen LogP contribution is 2.27. The van der Waals surface area contributed by atoms with Gasteiger partial charge in [-0.3, -0.25) is 4.98 Å². The van der Waals surface area contributed by atoms with Crippen LogP contribution in [0.4, 0.5) is 4.39 Å². The second-order valence-corrected chi connectivity index (χ2v) is 5.36. The summed E-state index contributed by atoms with van der Waals surface area (Å²) >= 11 is 0. The Bertz CT molecular complexity index is 382. The summed E-state index contributed by atoms with van der Waals surface area (Å²) in [4.78, 5) is 4.17. The first kappa shape index (κ1) is 14.4. The molecule has 1 aromatic rings. The lowest BCUT2D eigenvalue weighted by Gasteiger charge is -2.34. The Balaban J connectivity index is 2.03. The van der Waals surface area contributed by atoms with Gasteiger partial charge in [-0.2, -0.15) is 0 Å². The van der Waals surface area contributed by atoms with Crippen LogP contribution in [0.3, 0.4) is 0 Å². The Morgan fingerprint density at radius 1 is 1.42 bits per heavy atom. The van der Waals surface area contributed by atoms with Crippen LogP contribution < -0.4 is 5.32 Å². The number of nitrogens with zero attached hydrogens (tertiary/aromatic N) is 1. The molecule has 0 saturated heterocycles. The first-order chi connectivity index (χ1) is 9.24. The van der Waals surface area contributed by atoms with Crippen LogP contribution in [0.1, 0.15) is 50.8 Å². The summed E-state index contributed by atoms with van der Waals surface area (Å²) in [5, 5.41) is 13.0. The van der Waals surface area contributed by atoms with Crippen molar-refractivity contribution >= 4 is 0 Å². The topological polar surface area (TPSA) is 45.1 Å². The lowest BCUT2D eigenvalue weighted by molar-refractivity contribution is 0.145. The fourth-order valence-corrected chi connectivity index (χ4v) is 2.91. The van der Waals surface area contributed by atoms with Crippen molar-refractivity contribution < 1.29 is 9.50 Å². The Morgan fingerprint density at radius 2 is 2.21 bits per heavy atom. The smallest absolute Gasteiger partial charge is 0.141 e. The van der Waals surface area contributed by atoms with Crippen molar-refractivity contribution in [1.29, 1.82) is 0 Å². The van der Waals surface area contributed by atoms with Gasteiger partial charge >= 0.3 is 0 Å². The second kappa shape index (κ2) is 6.96. The summed E-state index contributed by atoms with van der Waals surface area (Å²) in [5.41, 5.74) is 0.881. The van der Waals surface area contributed by atoms with Crippen LogP contribution in [0.25, 0.3) is 0 Å². The van der Waals surface area contributed by atoms with E-state index in [0.717, 1.165) is 25.0 Å². The third-order valence-electron chi connectivity index (χ3n) is 4.07. The number of rotatable bonds is 5. The van der Waals surface area contributed by atoms with E-state index in [1.54, 1.807) is 6.07 Å².